The Kier molecular flexibility index (Phi) is 3.53. The van der Waals surface area contributed by atoms with E-state index in [0.29, 0.717) is 0 Å². The quantitative estimate of drug-likeness (QED) is 0.594. The highest BCUT2D eigenvalue weighted by Crippen LogP contribution is 2.17. The van der Waals surface area contributed by atoms with E-state index in [0.717, 1.165) is 32.4 Å². The largest absolute Gasteiger partial charge is 0.468 e. The zero-order valence-corrected chi connectivity index (χ0v) is 7.88. The van der Waals surface area contributed by atoms with E-state index < -0.39 is 0 Å². The summed E-state index contributed by atoms with van der Waals surface area (Å²) in [7, 11) is 1.46. The SMILES string of the molecule is CCCN1CCCC1C(=O)OC. The van der Waals surface area contributed by atoms with Crippen LogP contribution in [0.2, 0.25) is 0 Å². The van der Waals surface area contributed by atoms with Crippen molar-refractivity contribution in [3.63, 3.8) is 0 Å². The van der Waals surface area contributed by atoms with Gasteiger partial charge >= 0.3 is 5.97 Å². The summed E-state index contributed by atoms with van der Waals surface area (Å²) >= 11 is 0. The standard InChI is InChI=1S/C9H17NO2/c1-3-6-10-7-4-5-8(10)9(11)12-2/h8H,3-7H2,1-2H3. The summed E-state index contributed by atoms with van der Waals surface area (Å²) in [5.41, 5.74) is 0. The first-order valence-electron chi connectivity index (χ1n) is 4.61. The maximum atomic E-state index is 11.2. The van der Waals surface area contributed by atoms with Crippen LogP contribution in [0.1, 0.15) is 26.2 Å². The highest BCUT2D eigenvalue weighted by molar-refractivity contribution is 5.75. The van der Waals surface area contributed by atoms with Gasteiger partial charge in [-0.1, -0.05) is 6.92 Å². The zero-order chi connectivity index (χ0) is 8.97. The van der Waals surface area contributed by atoms with Crippen molar-refractivity contribution < 1.29 is 9.53 Å². The van der Waals surface area contributed by atoms with Crippen LogP contribution in [0.5, 0.6) is 0 Å². The number of hydrogen-bond acceptors (Lipinski definition) is 3. The lowest BCUT2D eigenvalue weighted by Gasteiger charge is -2.21. The van der Waals surface area contributed by atoms with Crippen molar-refractivity contribution in [2.45, 2.75) is 32.2 Å². The number of nitrogens with zero attached hydrogens (tertiary/aromatic N) is 1. The molecule has 3 heteroatoms. The average Bonchev–Trinajstić information content (AvgIpc) is 2.52. The molecule has 1 aliphatic heterocycles. The lowest BCUT2D eigenvalue weighted by Crippen LogP contribution is -2.37. The molecule has 12 heavy (non-hydrogen) atoms. The molecule has 1 saturated heterocycles. The summed E-state index contributed by atoms with van der Waals surface area (Å²) in [6.07, 6.45) is 3.19. The van der Waals surface area contributed by atoms with Crippen molar-refractivity contribution in [2.24, 2.45) is 0 Å². The Morgan fingerprint density at radius 2 is 2.42 bits per heavy atom. The van der Waals surface area contributed by atoms with E-state index in [-0.39, 0.29) is 12.0 Å². The maximum Gasteiger partial charge on any atom is 0.323 e. The van der Waals surface area contributed by atoms with Crippen molar-refractivity contribution in [3.8, 4) is 0 Å². The molecule has 1 rings (SSSR count). The number of likely N-dealkylation sites (tertiary alicyclic amines) is 1. The average molecular weight is 171 g/mol. The van der Waals surface area contributed by atoms with Crippen molar-refractivity contribution in [3.05, 3.63) is 0 Å². The van der Waals surface area contributed by atoms with Gasteiger partial charge in [0.25, 0.3) is 0 Å². The number of esters is 1. The molecule has 0 N–H and O–H groups in total. The molecule has 1 fully saturated rings. The van der Waals surface area contributed by atoms with Crippen LogP contribution < -0.4 is 0 Å². The monoisotopic (exact) mass is 171 g/mol. The molecular weight excluding hydrogens is 154 g/mol. The molecule has 1 aliphatic rings. The topological polar surface area (TPSA) is 29.5 Å². The maximum absolute atomic E-state index is 11.2. The molecule has 0 radical (unpaired) electrons. The molecule has 70 valence electrons. The predicted octanol–water partition coefficient (Wildman–Crippen LogP) is 1.03. The van der Waals surface area contributed by atoms with E-state index in [1.54, 1.807) is 0 Å². The number of rotatable bonds is 3. The third-order valence-corrected chi connectivity index (χ3v) is 2.35. The highest BCUT2D eigenvalue weighted by Gasteiger charge is 2.30. The van der Waals surface area contributed by atoms with Gasteiger partial charge in [0.15, 0.2) is 0 Å². The predicted molar refractivity (Wildman–Crippen MR) is 46.9 cm³/mol. The summed E-state index contributed by atoms with van der Waals surface area (Å²) in [5.74, 6) is -0.0686. The fraction of sp³-hybridized carbons (Fsp3) is 0.889. The van der Waals surface area contributed by atoms with Crippen molar-refractivity contribution in [2.75, 3.05) is 20.2 Å². The molecule has 0 aliphatic carbocycles. The third-order valence-electron chi connectivity index (χ3n) is 2.35. The minimum absolute atomic E-state index is 0.0370. The van der Waals surface area contributed by atoms with E-state index in [2.05, 4.69) is 11.8 Å². The van der Waals surface area contributed by atoms with Gasteiger partial charge in [0.1, 0.15) is 6.04 Å². The lowest BCUT2D eigenvalue weighted by atomic mass is 10.2. The molecule has 1 heterocycles. The van der Waals surface area contributed by atoms with Gasteiger partial charge in [-0.05, 0) is 32.4 Å². The zero-order valence-electron chi connectivity index (χ0n) is 7.88. The number of carbonyl (C=O) groups excluding carboxylic acids is 1. The molecular formula is C9H17NO2. The minimum atomic E-state index is -0.0686. The van der Waals surface area contributed by atoms with Crippen LogP contribution in [0.3, 0.4) is 0 Å². The van der Waals surface area contributed by atoms with E-state index in [1.165, 1.54) is 7.11 Å². The Morgan fingerprint density at radius 3 is 3.00 bits per heavy atom. The number of hydrogen-bond donors (Lipinski definition) is 0. The summed E-state index contributed by atoms with van der Waals surface area (Å²) in [5, 5.41) is 0. The van der Waals surface area contributed by atoms with Gasteiger partial charge in [-0.3, -0.25) is 9.69 Å². The molecule has 1 unspecified atom stereocenters. The second kappa shape index (κ2) is 4.45. The first-order chi connectivity index (χ1) is 5.79. The van der Waals surface area contributed by atoms with Crippen LogP contribution in [0, 0.1) is 0 Å². The van der Waals surface area contributed by atoms with Crippen molar-refractivity contribution in [1.82, 2.24) is 4.90 Å². The normalized spacial score (nSPS) is 24.3. The van der Waals surface area contributed by atoms with E-state index in [9.17, 15) is 4.79 Å². The summed E-state index contributed by atoms with van der Waals surface area (Å²) in [4.78, 5) is 13.4. The van der Waals surface area contributed by atoms with E-state index in [1.807, 2.05) is 0 Å². The van der Waals surface area contributed by atoms with Gasteiger partial charge in [-0.2, -0.15) is 0 Å². The Morgan fingerprint density at radius 1 is 1.67 bits per heavy atom. The van der Waals surface area contributed by atoms with Crippen LogP contribution in [0.15, 0.2) is 0 Å². The van der Waals surface area contributed by atoms with Crippen LogP contribution in [0.25, 0.3) is 0 Å². The molecule has 0 saturated carbocycles. The van der Waals surface area contributed by atoms with Crippen LogP contribution in [0.4, 0.5) is 0 Å². The summed E-state index contributed by atoms with van der Waals surface area (Å²) < 4.78 is 4.73. The van der Waals surface area contributed by atoms with Crippen LogP contribution in [-0.2, 0) is 9.53 Å². The van der Waals surface area contributed by atoms with Gasteiger partial charge in [0, 0.05) is 0 Å². The second-order valence-electron chi connectivity index (χ2n) is 3.22. The van der Waals surface area contributed by atoms with Crippen LogP contribution >= 0.6 is 0 Å². The highest BCUT2D eigenvalue weighted by atomic mass is 16.5. The summed E-state index contributed by atoms with van der Waals surface area (Å²) in [6, 6.07) is 0.0370. The number of methoxy groups -OCH3 is 1. The number of carbonyl (C=O) groups is 1. The minimum Gasteiger partial charge on any atom is -0.468 e. The molecule has 0 aromatic carbocycles. The Hall–Kier alpha value is -0.570. The van der Waals surface area contributed by atoms with Gasteiger partial charge in [0.2, 0.25) is 0 Å². The lowest BCUT2D eigenvalue weighted by molar-refractivity contribution is -0.145. The fourth-order valence-corrected chi connectivity index (χ4v) is 1.78. The van der Waals surface area contributed by atoms with E-state index >= 15 is 0 Å². The van der Waals surface area contributed by atoms with Crippen LogP contribution in [-0.4, -0.2) is 37.1 Å². The van der Waals surface area contributed by atoms with Gasteiger partial charge < -0.3 is 4.74 Å². The molecule has 1 atom stereocenters. The first kappa shape index (κ1) is 9.52. The molecule has 0 amide bonds. The number of ether oxygens (including phenoxy) is 1. The van der Waals surface area contributed by atoms with Gasteiger partial charge in [0.05, 0.1) is 7.11 Å². The second-order valence-corrected chi connectivity index (χ2v) is 3.22. The van der Waals surface area contributed by atoms with Crippen molar-refractivity contribution in [1.29, 1.82) is 0 Å². The third kappa shape index (κ3) is 1.97. The van der Waals surface area contributed by atoms with E-state index in [4.69, 9.17) is 4.74 Å². The van der Waals surface area contributed by atoms with Gasteiger partial charge in [-0.25, -0.2) is 0 Å². The Labute approximate surface area is 73.7 Å². The van der Waals surface area contributed by atoms with Gasteiger partial charge in [-0.15, -0.1) is 0 Å². The van der Waals surface area contributed by atoms with Crippen molar-refractivity contribution >= 4 is 5.97 Å². The first-order valence-corrected chi connectivity index (χ1v) is 4.61. The molecule has 0 bridgehead atoms. The Bertz CT molecular complexity index is 159. The molecule has 0 aromatic heterocycles. The smallest absolute Gasteiger partial charge is 0.323 e. The molecule has 0 aromatic rings. The fourth-order valence-electron chi connectivity index (χ4n) is 1.78. The summed E-state index contributed by atoms with van der Waals surface area (Å²) in [6.45, 7) is 4.19. The Balaban J connectivity index is 2.45. The molecule has 3 nitrogen and oxygen atoms in total. The molecule has 0 spiro atoms.